The Labute approximate surface area is 202 Å². The zero-order valence-corrected chi connectivity index (χ0v) is 22.1. The largest absolute Gasteiger partial charge is 0.507 e. The van der Waals surface area contributed by atoms with Crippen molar-refractivity contribution in [1.29, 1.82) is 0 Å². The monoisotopic (exact) mass is 464 g/mol. The highest BCUT2D eigenvalue weighted by atomic mass is 32.2. The molecule has 1 N–H and O–H groups in total. The van der Waals surface area contributed by atoms with Crippen molar-refractivity contribution < 1.29 is 9.90 Å². The molecule has 1 aliphatic rings. The van der Waals surface area contributed by atoms with Crippen LogP contribution >= 0.6 is 11.8 Å². The van der Waals surface area contributed by atoms with Gasteiger partial charge in [-0.3, -0.25) is 9.69 Å². The number of aromatic hydroxyl groups is 1. The summed E-state index contributed by atoms with van der Waals surface area (Å²) in [6.07, 6.45) is 1.94. The Bertz CT molecular complexity index is 1090. The molecule has 0 spiro atoms. The number of hydrogen-bond donors (Lipinski definition) is 1. The average molecular weight is 465 g/mol. The third-order valence-corrected chi connectivity index (χ3v) is 6.90. The lowest BCUT2D eigenvalue weighted by atomic mass is 9.78. The van der Waals surface area contributed by atoms with Crippen LogP contribution in [0.1, 0.15) is 76.3 Å². The summed E-state index contributed by atoms with van der Waals surface area (Å²) in [6, 6.07) is 10.1. The molecule has 0 bridgehead atoms. The number of amides is 1. The molecule has 1 heterocycles. The number of amidine groups is 1. The lowest BCUT2D eigenvalue weighted by Crippen LogP contribution is -2.28. The van der Waals surface area contributed by atoms with E-state index in [1.54, 1.807) is 4.90 Å². The lowest BCUT2D eigenvalue weighted by Gasteiger charge is -2.28. The van der Waals surface area contributed by atoms with E-state index >= 15 is 0 Å². The topological polar surface area (TPSA) is 52.9 Å². The normalized spacial score (nSPS) is 17.5. The van der Waals surface area contributed by atoms with Gasteiger partial charge in [-0.05, 0) is 78.3 Å². The Kier molecular flexibility index (Phi) is 6.86. The zero-order chi connectivity index (χ0) is 24.7. The van der Waals surface area contributed by atoms with E-state index in [9.17, 15) is 9.90 Å². The molecule has 3 rings (SSSR count). The van der Waals surface area contributed by atoms with Gasteiger partial charge >= 0.3 is 0 Å². The van der Waals surface area contributed by atoms with E-state index in [-0.39, 0.29) is 16.7 Å². The number of hydrogen-bond acceptors (Lipinski definition) is 4. The maximum absolute atomic E-state index is 13.2. The van der Waals surface area contributed by atoms with Crippen LogP contribution in [0.15, 0.2) is 40.2 Å². The van der Waals surface area contributed by atoms with Crippen LogP contribution in [0.5, 0.6) is 5.75 Å². The molecule has 2 aromatic rings. The first-order valence-electron chi connectivity index (χ1n) is 11.5. The van der Waals surface area contributed by atoms with E-state index in [0.29, 0.717) is 22.4 Å². The zero-order valence-electron chi connectivity index (χ0n) is 21.3. The Morgan fingerprint density at radius 2 is 1.52 bits per heavy atom. The molecule has 0 aliphatic carbocycles. The van der Waals surface area contributed by atoms with Crippen LogP contribution in [0.3, 0.4) is 0 Å². The fraction of sp³-hybridized carbons (Fsp3) is 0.429. The highest BCUT2D eigenvalue weighted by molar-refractivity contribution is 8.18. The molecule has 4 nitrogen and oxygen atoms in total. The van der Waals surface area contributed by atoms with Crippen LogP contribution in [-0.4, -0.2) is 27.6 Å². The number of para-hydroxylation sites is 1. The molecule has 0 saturated carbocycles. The van der Waals surface area contributed by atoms with Gasteiger partial charge in [0.25, 0.3) is 5.91 Å². The van der Waals surface area contributed by atoms with Gasteiger partial charge in [-0.1, -0.05) is 59.7 Å². The van der Waals surface area contributed by atoms with Crippen molar-refractivity contribution in [3.8, 4) is 5.75 Å². The van der Waals surface area contributed by atoms with Crippen LogP contribution in [-0.2, 0) is 15.6 Å². The van der Waals surface area contributed by atoms with E-state index in [1.807, 2.05) is 57.2 Å². The summed E-state index contributed by atoms with van der Waals surface area (Å²) in [7, 11) is 0. The van der Waals surface area contributed by atoms with Crippen LogP contribution < -0.4 is 0 Å². The van der Waals surface area contributed by atoms with Crippen molar-refractivity contribution in [2.75, 3.05) is 6.54 Å². The maximum atomic E-state index is 13.2. The molecule has 1 amide bonds. The Balaban J connectivity index is 2.12. The molecule has 1 saturated heterocycles. The number of benzene rings is 2. The molecule has 0 radical (unpaired) electrons. The minimum Gasteiger partial charge on any atom is -0.507 e. The standard InChI is InChI=1S/C28H36N2O2S/c1-10-30-25(32)22(33-26(30)29-23-17(2)12-11-13-18(23)3)16-19-14-20(27(4,5)6)24(31)21(15-19)28(7,8)9/h11-16,31H,10H2,1-9H3/b22-16+,29-26?. The van der Waals surface area contributed by atoms with Gasteiger partial charge in [0.2, 0.25) is 0 Å². The van der Waals surface area contributed by atoms with Crippen molar-refractivity contribution in [1.82, 2.24) is 4.90 Å². The highest BCUT2D eigenvalue weighted by Crippen LogP contribution is 2.41. The van der Waals surface area contributed by atoms with E-state index < -0.39 is 0 Å². The highest BCUT2D eigenvalue weighted by Gasteiger charge is 2.33. The van der Waals surface area contributed by atoms with Crippen LogP contribution in [0.4, 0.5) is 5.69 Å². The smallest absolute Gasteiger partial charge is 0.266 e. The van der Waals surface area contributed by atoms with Crippen LogP contribution in [0, 0.1) is 13.8 Å². The molecule has 0 aromatic heterocycles. The minimum absolute atomic E-state index is 0.0322. The molecular weight excluding hydrogens is 428 g/mol. The second-order valence-corrected chi connectivity index (χ2v) is 11.8. The van der Waals surface area contributed by atoms with Crippen molar-refractivity contribution in [3.63, 3.8) is 0 Å². The predicted octanol–water partition coefficient (Wildman–Crippen LogP) is 7.23. The third kappa shape index (κ3) is 5.19. The fourth-order valence-corrected chi connectivity index (χ4v) is 5.03. The van der Waals surface area contributed by atoms with E-state index in [2.05, 4.69) is 41.5 Å². The molecule has 176 valence electrons. The SMILES string of the molecule is CCN1C(=O)/C(=C\c2cc(C(C)(C)C)c(O)c(C(C)(C)C)c2)SC1=Nc1c(C)cccc1C. The van der Waals surface area contributed by atoms with Gasteiger partial charge in [-0.2, -0.15) is 0 Å². The quantitative estimate of drug-likeness (QED) is 0.488. The van der Waals surface area contributed by atoms with Crippen molar-refractivity contribution >= 4 is 34.6 Å². The molecule has 5 heteroatoms. The summed E-state index contributed by atoms with van der Waals surface area (Å²) in [5.74, 6) is 0.310. The van der Waals surface area contributed by atoms with Gasteiger partial charge < -0.3 is 5.11 Å². The number of aryl methyl sites for hydroxylation is 2. The number of carbonyl (C=O) groups excluding carboxylic acids is 1. The van der Waals surface area contributed by atoms with Crippen LogP contribution in [0.2, 0.25) is 0 Å². The number of rotatable bonds is 3. The summed E-state index contributed by atoms with van der Waals surface area (Å²) in [4.78, 5) is 20.5. The molecule has 0 atom stereocenters. The maximum Gasteiger partial charge on any atom is 0.266 e. The fourth-order valence-electron chi connectivity index (χ4n) is 3.98. The first-order valence-corrected chi connectivity index (χ1v) is 12.3. The molecule has 0 unspecified atom stereocenters. The van der Waals surface area contributed by atoms with Crippen molar-refractivity contribution in [3.05, 3.63) is 63.1 Å². The summed E-state index contributed by atoms with van der Waals surface area (Å²) in [5, 5.41) is 11.7. The number of phenolic OH excluding ortho intramolecular Hbond substituents is 1. The summed E-state index contributed by atoms with van der Waals surface area (Å²) < 4.78 is 0. The number of likely N-dealkylation sites (N-methyl/N-ethyl adjacent to an activating group) is 1. The van der Waals surface area contributed by atoms with Gasteiger partial charge in [0.1, 0.15) is 5.75 Å². The Morgan fingerprint density at radius 1 is 1.00 bits per heavy atom. The summed E-state index contributed by atoms with van der Waals surface area (Å²) in [6.45, 7) is 19.2. The van der Waals surface area contributed by atoms with E-state index in [0.717, 1.165) is 33.5 Å². The molecular formula is C28H36N2O2S. The van der Waals surface area contributed by atoms with E-state index in [4.69, 9.17) is 4.99 Å². The van der Waals surface area contributed by atoms with Crippen LogP contribution in [0.25, 0.3) is 6.08 Å². The van der Waals surface area contributed by atoms with E-state index in [1.165, 1.54) is 11.8 Å². The first kappa shape index (κ1) is 25.1. The molecule has 2 aromatic carbocycles. The van der Waals surface area contributed by atoms with Gasteiger partial charge in [-0.15, -0.1) is 0 Å². The lowest BCUT2D eigenvalue weighted by molar-refractivity contribution is -0.122. The van der Waals surface area contributed by atoms with Crippen molar-refractivity contribution in [2.45, 2.75) is 73.1 Å². The second kappa shape index (κ2) is 9.02. The minimum atomic E-state index is -0.226. The number of carbonyl (C=O) groups is 1. The van der Waals surface area contributed by atoms with Gasteiger partial charge in [0, 0.05) is 17.7 Å². The number of nitrogens with zero attached hydrogens (tertiary/aromatic N) is 2. The molecule has 33 heavy (non-hydrogen) atoms. The molecule has 1 fully saturated rings. The Morgan fingerprint density at radius 3 is 1.97 bits per heavy atom. The van der Waals surface area contributed by atoms with Gasteiger partial charge in [0.05, 0.1) is 10.6 Å². The molecule has 1 aliphatic heterocycles. The summed E-state index contributed by atoms with van der Waals surface area (Å²) >= 11 is 1.41. The van der Waals surface area contributed by atoms with Gasteiger partial charge in [0.15, 0.2) is 5.17 Å². The second-order valence-electron chi connectivity index (χ2n) is 10.8. The predicted molar refractivity (Wildman–Crippen MR) is 141 cm³/mol. The number of aliphatic imine (C=N–C) groups is 1. The number of thioether (sulfide) groups is 1. The Hall–Kier alpha value is -2.53. The van der Waals surface area contributed by atoms with Crippen molar-refractivity contribution in [2.24, 2.45) is 4.99 Å². The summed E-state index contributed by atoms with van der Waals surface area (Å²) in [5.41, 5.74) is 5.33. The van der Waals surface area contributed by atoms with Gasteiger partial charge in [-0.25, -0.2) is 4.99 Å². The number of phenols is 1. The third-order valence-electron chi connectivity index (χ3n) is 5.90. The average Bonchev–Trinajstić information content (AvgIpc) is 2.98. The first-order chi connectivity index (χ1) is 15.2.